The Balaban J connectivity index is 2.37. The Bertz CT molecular complexity index is 281. The number of esters is 1. The van der Waals surface area contributed by atoms with Gasteiger partial charge < -0.3 is 4.74 Å². The maximum absolute atomic E-state index is 11.6. The smallest absolute Gasteiger partial charge is 0.306 e. The zero-order valence-electron chi connectivity index (χ0n) is 13.0. The summed E-state index contributed by atoms with van der Waals surface area (Å²) in [6.45, 7) is 13.2. The normalized spacial score (nSPS) is 28.4. The molecule has 0 amide bonds. The zero-order chi connectivity index (χ0) is 13.9. The van der Waals surface area contributed by atoms with Gasteiger partial charge in [-0.25, -0.2) is 0 Å². The third-order valence-corrected chi connectivity index (χ3v) is 4.64. The van der Waals surface area contributed by atoms with Crippen LogP contribution in [0.5, 0.6) is 0 Å². The van der Waals surface area contributed by atoms with Gasteiger partial charge in [-0.2, -0.15) is 0 Å². The number of hydrogen-bond donors (Lipinski definition) is 0. The van der Waals surface area contributed by atoms with Crippen LogP contribution in [0.2, 0.25) is 0 Å². The van der Waals surface area contributed by atoms with E-state index < -0.39 is 0 Å². The number of hydrogen-bond acceptors (Lipinski definition) is 2. The number of ether oxygens (including phenoxy) is 1. The third kappa shape index (κ3) is 4.29. The molecular weight excluding hydrogens is 224 g/mol. The molecule has 1 aliphatic carbocycles. The first kappa shape index (κ1) is 15.5. The zero-order valence-corrected chi connectivity index (χ0v) is 13.0. The van der Waals surface area contributed by atoms with Gasteiger partial charge in [0.05, 0.1) is 6.10 Å². The van der Waals surface area contributed by atoms with Gasteiger partial charge in [-0.3, -0.25) is 4.79 Å². The molecule has 1 rings (SSSR count). The number of rotatable bonds is 5. The van der Waals surface area contributed by atoms with Gasteiger partial charge in [-0.1, -0.05) is 34.6 Å². The first-order chi connectivity index (χ1) is 8.22. The molecule has 2 heteroatoms. The topological polar surface area (TPSA) is 26.3 Å². The molecular formula is C16H30O2. The van der Waals surface area contributed by atoms with Crippen molar-refractivity contribution in [2.24, 2.45) is 23.2 Å². The van der Waals surface area contributed by atoms with Crippen molar-refractivity contribution in [2.45, 2.75) is 73.3 Å². The number of carbonyl (C=O) groups is 1. The molecule has 0 aliphatic heterocycles. The van der Waals surface area contributed by atoms with Crippen molar-refractivity contribution >= 4 is 5.97 Å². The van der Waals surface area contributed by atoms with Crippen molar-refractivity contribution in [2.75, 3.05) is 0 Å². The van der Waals surface area contributed by atoms with Gasteiger partial charge in [0, 0.05) is 6.42 Å². The molecule has 0 aromatic rings. The maximum Gasteiger partial charge on any atom is 0.306 e. The fourth-order valence-electron chi connectivity index (χ4n) is 3.08. The number of carbonyl (C=O) groups excluding carboxylic acids is 1. The van der Waals surface area contributed by atoms with Crippen LogP contribution >= 0.6 is 0 Å². The molecule has 0 aromatic heterocycles. The van der Waals surface area contributed by atoms with Crippen LogP contribution in [0.25, 0.3) is 0 Å². The minimum Gasteiger partial charge on any atom is -0.463 e. The molecule has 106 valence electrons. The van der Waals surface area contributed by atoms with Gasteiger partial charge in [-0.05, 0) is 49.4 Å². The molecule has 0 saturated heterocycles. The molecule has 0 N–H and O–H groups in total. The molecule has 0 heterocycles. The van der Waals surface area contributed by atoms with Crippen LogP contribution in [0.3, 0.4) is 0 Å². The highest BCUT2D eigenvalue weighted by Crippen LogP contribution is 2.47. The van der Waals surface area contributed by atoms with Crippen molar-refractivity contribution in [1.29, 1.82) is 0 Å². The minimum atomic E-state index is -0.0394. The summed E-state index contributed by atoms with van der Waals surface area (Å²) in [5.41, 5.74) is 0.451. The largest absolute Gasteiger partial charge is 0.463 e. The molecule has 3 unspecified atom stereocenters. The second-order valence-electron chi connectivity index (χ2n) is 7.21. The Morgan fingerprint density at radius 3 is 2.39 bits per heavy atom. The third-order valence-electron chi connectivity index (χ3n) is 4.64. The van der Waals surface area contributed by atoms with Gasteiger partial charge in [0.1, 0.15) is 0 Å². The SMILES string of the molecule is CC(C)CC(=O)OC(C)CC1CCC(C)(C)C1C. The van der Waals surface area contributed by atoms with Gasteiger partial charge >= 0.3 is 5.97 Å². The lowest BCUT2D eigenvalue weighted by Crippen LogP contribution is -2.24. The second kappa shape index (κ2) is 6.08. The summed E-state index contributed by atoms with van der Waals surface area (Å²) in [5, 5.41) is 0. The van der Waals surface area contributed by atoms with E-state index >= 15 is 0 Å². The average Bonchev–Trinajstić information content (AvgIpc) is 2.43. The molecule has 0 bridgehead atoms. The molecule has 1 aliphatic rings. The fraction of sp³-hybridized carbons (Fsp3) is 0.938. The van der Waals surface area contributed by atoms with E-state index in [-0.39, 0.29) is 12.1 Å². The molecule has 0 spiro atoms. The predicted octanol–water partition coefficient (Wildman–Crippen LogP) is 4.43. The van der Waals surface area contributed by atoms with Crippen LogP contribution in [0.15, 0.2) is 0 Å². The standard InChI is InChI=1S/C16H30O2/c1-11(2)9-15(17)18-12(3)10-14-7-8-16(5,6)13(14)4/h11-14H,7-10H2,1-6H3. The molecule has 0 radical (unpaired) electrons. The molecule has 1 saturated carbocycles. The van der Waals surface area contributed by atoms with Crippen LogP contribution in [-0.4, -0.2) is 12.1 Å². The van der Waals surface area contributed by atoms with Crippen molar-refractivity contribution in [1.82, 2.24) is 0 Å². The van der Waals surface area contributed by atoms with Crippen molar-refractivity contribution in [3.05, 3.63) is 0 Å². The first-order valence-electron chi connectivity index (χ1n) is 7.42. The van der Waals surface area contributed by atoms with Crippen molar-refractivity contribution < 1.29 is 9.53 Å². The van der Waals surface area contributed by atoms with E-state index in [0.717, 1.165) is 12.3 Å². The fourth-order valence-corrected chi connectivity index (χ4v) is 3.08. The highest BCUT2D eigenvalue weighted by molar-refractivity contribution is 5.69. The summed E-state index contributed by atoms with van der Waals surface area (Å²) in [6, 6.07) is 0. The van der Waals surface area contributed by atoms with E-state index in [9.17, 15) is 4.79 Å². The van der Waals surface area contributed by atoms with Gasteiger partial charge in [-0.15, -0.1) is 0 Å². The Kier molecular flexibility index (Phi) is 5.24. The average molecular weight is 254 g/mol. The van der Waals surface area contributed by atoms with Gasteiger partial charge in [0.2, 0.25) is 0 Å². The van der Waals surface area contributed by atoms with Crippen molar-refractivity contribution in [3.8, 4) is 0 Å². The summed E-state index contributed by atoms with van der Waals surface area (Å²) >= 11 is 0. The molecule has 3 atom stereocenters. The van der Waals surface area contributed by atoms with Crippen LogP contribution in [-0.2, 0) is 9.53 Å². The maximum atomic E-state index is 11.6. The quantitative estimate of drug-likeness (QED) is 0.679. The van der Waals surface area contributed by atoms with Gasteiger partial charge in [0.25, 0.3) is 0 Å². The molecule has 1 fully saturated rings. The molecule has 18 heavy (non-hydrogen) atoms. The van der Waals surface area contributed by atoms with E-state index in [0.29, 0.717) is 23.7 Å². The van der Waals surface area contributed by atoms with E-state index in [2.05, 4.69) is 20.8 Å². The Morgan fingerprint density at radius 1 is 1.33 bits per heavy atom. The Morgan fingerprint density at radius 2 is 1.94 bits per heavy atom. The summed E-state index contributed by atoms with van der Waals surface area (Å²) in [4.78, 5) is 11.6. The first-order valence-corrected chi connectivity index (χ1v) is 7.42. The highest BCUT2D eigenvalue weighted by atomic mass is 16.5. The van der Waals surface area contributed by atoms with Gasteiger partial charge in [0.15, 0.2) is 0 Å². The summed E-state index contributed by atoms with van der Waals surface area (Å²) < 4.78 is 5.50. The van der Waals surface area contributed by atoms with E-state index in [1.165, 1.54) is 12.8 Å². The highest BCUT2D eigenvalue weighted by Gasteiger charge is 2.39. The van der Waals surface area contributed by atoms with Crippen LogP contribution in [0, 0.1) is 23.2 Å². The van der Waals surface area contributed by atoms with Crippen LogP contribution in [0.1, 0.15) is 67.2 Å². The summed E-state index contributed by atoms with van der Waals surface area (Å²) in [7, 11) is 0. The Hall–Kier alpha value is -0.530. The lowest BCUT2D eigenvalue weighted by Gasteiger charge is -2.28. The Labute approximate surface area is 112 Å². The second-order valence-corrected chi connectivity index (χ2v) is 7.21. The van der Waals surface area contributed by atoms with Crippen LogP contribution < -0.4 is 0 Å². The lowest BCUT2D eigenvalue weighted by atomic mass is 9.79. The summed E-state index contributed by atoms with van der Waals surface area (Å²) in [5.74, 6) is 1.78. The molecule has 0 aromatic carbocycles. The van der Waals surface area contributed by atoms with E-state index in [1.807, 2.05) is 20.8 Å². The van der Waals surface area contributed by atoms with Crippen LogP contribution in [0.4, 0.5) is 0 Å². The lowest BCUT2D eigenvalue weighted by molar-refractivity contribution is -0.150. The summed E-state index contributed by atoms with van der Waals surface area (Å²) in [6.07, 6.45) is 4.20. The minimum absolute atomic E-state index is 0.0394. The predicted molar refractivity (Wildman–Crippen MR) is 75.3 cm³/mol. The van der Waals surface area contributed by atoms with E-state index in [4.69, 9.17) is 4.74 Å². The monoisotopic (exact) mass is 254 g/mol. The van der Waals surface area contributed by atoms with E-state index in [1.54, 1.807) is 0 Å². The molecule has 2 nitrogen and oxygen atoms in total. The van der Waals surface area contributed by atoms with Crippen molar-refractivity contribution in [3.63, 3.8) is 0 Å².